The van der Waals surface area contributed by atoms with Crippen molar-refractivity contribution < 1.29 is 4.79 Å². The second kappa shape index (κ2) is 5.26. The van der Waals surface area contributed by atoms with Gasteiger partial charge in [0.05, 0.1) is 5.39 Å². The Kier molecular flexibility index (Phi) is 3.30. The van der Waals surface area contributed by atoms with E-state index in [1.807, 2.05) is 41.8 Å². The van der Waals surface area contributed by atoms with Gasteiger partial charge < -0.3 is 11.1 Å². The third-order valence-electron chi connectivity index (χ3n) is 2.96. The second-order valence-corrected chi connectivity index (χ2v) is 5.15. The van der Waals surface area contributed by atoms with Gasteiger partial charge in [0.1, 0.15) is 23.0 Å². The molecule has 0 unspecified atom stereocenters. The third kappa shape index (κ3) is 2.33. The van der Waals surface area contributed by atoms with E-state index < -0.39 is 11.9 Å². The van der Waals surface area contributed by atoms with Crippen LogP contribution in [0.2, 0.25) is 0 Å². The number of thiophene rings is 1. The van der Waals surface area contributed by atoms with E-state index in [1.165, 1.54) is 17.7 Å². The average molecular weight is 284 g/mol. The van der Waals surface area contributed by atoms with Crippen LogP contribution in [0.15, 0.2) is 48.1 Å². The number of aromatic nitrogens is 2. The maximum Gasteiger partial charge on any atom is 0.244 e. The number of carbonyl (C=O) groups is 1. The first-order valence-electron chi connectivity index (χ1n) is 6.04. The number of benzene rings is 1. The first-order chi connectivity index (χ1) is 9.75. The summed E-state index contributed by atoms with van der Waals surface area (Å²) in [5.74, 6) is 0.169. The van der Waals surface area contributed by atoms with E-state index in [2.05, 4.69) is 15.3 Å². The van der Waals surface area contributed by atoms with Crippen LogP contribution >= 0.6 is 11.3 Å². The second-order valence-electron chi connectivity index (χ2n) is 4.25. The SMILES string of the molecule is NC(=O)[C@@H](Nc1ncnc2sccc12)c1ccccc1. The summed E-state index contributed by atoms with van der Waals surface area (Å²) in [7, 11) is 0. The smallest absolute Gasteiger partial charge is 0.244 e. The minimum Gasteiger partial charge on any atom is -0.368 e. The highest BCUT2D eigenvalue weighted by molar-refractivity contribution is 7.16. The van der Waals surface area contributed by atoms with Crippen LogP contribution in [-0.4, -0.2) is 15.9 Å². The van der Waals surface area contributed by atoms with Crippen molar-refractivity contribution in [2.75, 3.05) is 5.32 Å². The molecule has 0 aliphatic rings. The molecule has 0 aliphatic carbocycles. The molecular weight excluding hydrogens is 272 g/mol. The molecule has 1 aromatic carbocycles. The van der Waals surface area contributed by atoms with Crippen LogP contribution in [0.1, 0.15) is 11.6 Å². The molecular formula is C14H12N4OS. The Morgan fingerprint density at radius 1 is 1.20 bits per heavy atom. The van der Waals surface area contributed by atoms with E-state index in [4.69, 9.17) is 5.73 Å². The lowest BCUT2D eigenvalue weighted by atomic mass is 10.1. The van der Waals surface area contributed by atoms with E-state index in [9.17, 15) is 4.79 Å². The number of hydrogen-bond donors (Lipinski definition) is 2. The summed E-state index contributed by atoms with van der Waals surface area (Å²) < 4.78 is 0. The van der Waals surface area contributed by atoms with E-state index in [0.29, 0.717) is 5.82 Å². The van der Waals surface area contributed by atoms with Gasteiger partial charge in [0.15, 0.2) is 0 Å². The molecule has 5 nitrogen and oxygen atoms in total. The molecule has 100 valence electrons. The molecule has 3 aromatic rings. The van der Waals surface area contributed by atoms with Gasteiger partial charge in [0.25, 0.3) is 0 Å². The van der Waals surface area contributed by atoms with Gasteiger partial charge >= 0.3 is 0 Å². The first-order valence-corrected chi connectivity index (χ1v) is 6.92. The van der Waals surface area contributed by atoms with Crippen molar-refractivity contribution in [1.82, 2.24) is 9.97 Å². The number of anilines is 1. The van der Waals surface area contributed by atoms with Crippen molar-refractivity contribution >= 4 is 33.3 Å². The zero-order valence-electron chi connectivity index (χ0n) is 10.5. The molecule has 0 aliphatic heterocycles. The predicted molar refractivity (Wildman–Crippen MR) is 79.4 cm³/mol. The molecule has 0 spiro atoms. The van der Waals surface area contributed by atoms with Crippen LogP contribution in [0.25, 0.3) is 10.2 Å². The Labute approximate surface area is 119 Å². The highest BCUT2D eigenvalue weighted by Crippen LogP contribution is 2.26. The molecule has 2 heterocycles. The monoisotopic (exact) mass is 284 g/mol. The fraction of sp³-hybridized carbons (Fsp3) is 0.0714. The summed E-state index contributed by atoms with van der Waals surface area (Å²) in [5, 5.41) is 5.93. The number of rotatable bonds is 4. The molecule has 1 atom stereocenters. The number of carbonyl (C=O) groups excluding carboxylic acids is 1. The lowest BCUT2D eigenvalue weighted by Gasteiger charge is -2.16. The first kappa shape index (κ1) is 12.6. The van der Waals surface area contributed by atoms with Gasteiger partial charge in [0, 0.05) is 0 Å². The maximum atomic E-state index is 11.7. The Morgan fingerprint density at radius 2 is 2.00 bits per heavy atom. The number of nitrogens with one attached hydrogen (secondary N) is 1. The largest absolute Gasteiger partial charge is 0.368 e. The Balaban J connectivity index is 1.99. The Bertz CT molecular complexity index is 741. The molecule has 3 N–H and O–H groups in total. The minimum absolute atomic E-state index is 0.446. The summed E-state index contributed by atoms with van der Waals surface area (Å²) in [6, 6.07) is 10.6. The number of fused-ring (bicyclic) bond motifs is 1. The number of amides is 1. The van der Waals surface area contributed by atoms with Crippen LogP contribution in [0.5, 0.6) is 0 Å². The molecule has 6 heteroatoms. The summed E-state index contributed by atoms with van der Waals surface area (Å²) in [4.78, 5) is 21.0. The standard InChI is InChI=1S/C14H12N4OS/c15-12(19)11(9-4-2-1-3-5-9)18-13-10-6-7-20-14(10)17-8-16-13/h1-8,11H,(H2,15,19)(H,16,17,18)/t11-/m0/s1. The van der Waals surface area contributed by atoms with Crippen LogP contribution in [-0.2, 0) is 4.79 Å². The minimum atomic E-state index is -0.616. The Hall–Kier alpha value is -2.47. The number of nitrogens with two attached hydrogens (primary N) is 1. The number of hydrogen-bond acceptors (Lipinski definition) is 5. The van der Waals surface area contributed by atoms with Gasteiger partial charge in [-0.15, -0.1) is 11.3 Å². The van der Waals surface area contributed by atoms with E-state index in [0.717, 1.165) is 15.8 Å². The molecule has 2 aromatic heterocycles. The summed E-state index contributed by atoms with van der Waals surface area (Å²) in [6.45, 7) is 0. The summed E-state index contributed by atoms with van der Waals surface area (Å²) >= 11 is 1.53. The van der Waals surface area contributed by atoms with Crippen molar-refractivity contribution in [3.63, 3.8) is 0 Å². The Morgan fingerprint density at radius 3 is 2.75 bits per heavy atom. The maximum absolute atomic E-state index is 11.7. The highest BCUT2D eigenvalue weighted by Gasteiger charge is 2.19. The van der Waals surface area contributed by atoms with Gasteiger partial charge in [-0.25, -0.2) is 9.97 Å². The van der Waals surface area contributed by atoms with E-state index >= 15 is 0 Å². The van der Waals surface area contributed by atoms with Crippen molar-refractivity contribution in [3.05, 3.63) is 53.7 Å². The van der Waals surface area contributed by atoms with Gasteiger partial charge in [-0.2, -0.15) is 0 Å². The lowest BCUT2D eigenvalue weighted by molar-refractivity contribution is -0.118. The van der Waals surface area contributed by atoms with Crippen LogP contribution in [0.3, 0.4) is 0 Å². The fourth-order valence-corrected chi connectivity index (χ4v) is 2.74. The third-order valence-corrected chi connectivity index (χ3v) is 3.78. The molecule has 0 saturated heterocycles. The number of nitrogens with zero attached hydrogens (tertiary/aromatic N) is 2. The molecule has 20 heavy (non-hydrogen) atoms. The van der Waals surface area contributed by atoms with Crippen LogP contribution in [0.4, 0.5) is 5.82 Å². The zero-order chi connectivity index (χ0) is 13.9. The molecule has 0 saturated carbocycles. The molecule has 0 fully saturated rings. The van der Waals surface area contributed by atoms with Crippen molar-refractivity contribution in [2.24, 2.45) is 5.73 Å². The predicted octanol–water partition coefficient (Wildman–Crippen LogP) is 2.33. The van der Waals surface area contributed by atoms with Gasteiger partial charge in [0.2, 0.25) is 5.91 Å². The summed E-state index contributed by atoms with van der Waals surface area (Å²) in [6.07, 6.45) is 1.48. The van der Waals surface area contributed by atoms with Crippen molar-refractivity contribution in [2.45, 2.75) is 6.04 Å². The molecule has 1 amide bonds. The summed E-state index contributed by atoms with van der Waals surface area (Å²) in [5.41, 5.74) is 6.30. The van der Waals surface area contributed by atoms with Crippen molar-refractivity contribution in [1.29, 1.82) is 0 Å². The van der Waals surface area contributed by atoms with Gasteiger partial charge in [-0.05, 0) is 17.0 Å². The average Bonchev–Trinajstić information content (AvgIpc) is 2.94. The molecule has 0 radical (unpaired) electrons. The molecule has 0 bridgehead atoms. The lowest BCUT2D eigenvalue weighted by Crippen LogP contribution is -2.28. The number of primary amides is 1. The van der Waals surface area contributed by atoms with E-state index in [-0.39, 0.29) is 0 Å². The van der Waals surface area contributed by atoms with Gasteiger partial charge in [-0.3, -0.25) is 4.79 Å². The van der Waals surface area contributed by atoms with Gasteiger partial charge in [-0.1, -0.05) is 30.3 Å². The van der Waals surface area contributed by atoms with E-state index in [1.54, 1.807) is 0 Å². The quantitative estimate of drug-likeness (QED) is 0.770. The topological polar surface area (TPSA) is 80.9 Å². The zero-order valence-corrected chi connectivity index (χ0v) is 11.3. The van der Waals surface area contributed by atoms with Crippen LogP contribution in [0, 0.1) is 0 Å². The van der Waals surface area contributed by atoms with Crippen molar-refractivity contribution in [3.8, 4) is 0 Å². The fourth-order valence-electron chi connectivity index (χ4n) is 2.01. The van der Waals surface area contributed by atoms with Crippen LogP contribution < -0.4 is 11.1 Å². The molecule has 3 rings (SSSR count). The normalized spacial score (nSPS) is 12.2. The highest BCUT2D eigenvalue weighted by atomic mass is 32.1.